The first-order chi connectivity index (χ1) is 8.65. The highest BCUT2D eigenvalue weighted by Crippen LogP contribution is 2.14. The summed E-state index contributed by atoms with van der Waals surface area (Å²) in [6.07, 6.45) is 1.44. The van der Waals surface area contributed by atoms with Crippen molar-refractivity contribution in [2.75, 3.05) is 7.11 Å². The second-order valence-electron chi connectivity index (χ2n) is 3.69. The SMILES string of the molecule is COc1cccc(-n2cc(CN)c(=O)[nH]c2=O)c1. The van der Waals surface area contributed by atoms with Gasteiger partial charge in [0, 0.05) is 24.4 Å². The molecule has 6 nitrogen and oxygen atoms in total. The second-order valence-corrected chi connectivity index (χ2v) is 3.69. The normalized spacial score (nSPS) is 10.3. The van der Waals surface area contributed by atoms with E-state index >= 15 is 0 Å². The van der Waals surface area contributed by atoms with Crippen LogP contribution in [0.3, 0.4) is 0 Å². The fraction of sp³-hybridized carbons (Fsp3) is 0.167. The van der Waals surface area contributed by atoms with Crippen LogP contribution in [0.2, 0.25) is 0 Å². The van der Waals surface area contributed by atoms with Gasteiger partial charge >= 0.3 is 5.69 Å². The molecule has 1 aromatic heterocycles. The van der Waals surface area contributed by atoms with E-state index in [1.807, 2.05) is 0 Å². The Morgan fingerprint density at radius 1 is 1.39 bits per heavy atom. The van der Waals surface area contributed by atoms with Crippen molar-refractivity contribution < 1.29 is 4.74 Å². The van der Waals surface area contributed by atoms with Crippen LogP contribution < -0.4 is 21.7 Å². The zero-order valence-corrected chi connectivity index (χ0v) is 9.84. The van der Waals surface area contributed by atoms with Gasteiger partial charge in [0.1, 0.15) is 5.75 Å². The Morgan fingerprint density at radius 2 is 2.17 bits per heavy atom. The zero-order valence-electron chi connectivity index (χ0n) is 9.84. The summed E-state index contributed by atoms with van der Waals surface area (Å²) in [4.78, 5) is 25.4. The van der Waals surface area contributed by atoms with Crippen molar-refractivity contribution in [3.05, 3.63) is 56.9 Å². The molecule has 1 aromatic carbocycles. The van der Waals surface area contributed by atoms with Gasteiger partial charge in [0.25, 0.3) is 5.56 Å². The molecule has 1 heterocycles. The molecule has 0 radical (unpaired) electrons. The molecule has 0 atom stereocenters. The Balaban J connectivity index is 2.63. The molecule has 0 fully saturated rings. The largest absolute Gasteiger partial charge is 0.497 e. The number of nitrogens with one attached hydrogen (secondary N) is 1. The van der Waals surface area contributed by atoms with Gasteiger partial charge in [-0.25, -0.2) is 4.79 Å². The van der Waals surface area contributed by atoms with E-state index in [1.165, 1.54) is 10.8 Å². The number of hydrogen-bond acceptors (Lipinski definition) is 4. The van der Waals surface area contributed by atoms with Crippen molar-refractivity contribution in [1.29, 1.82) is 0 Å². The molecule has 0 saturated heterocycles. The van der Waals surface area contributed by atoms with Gasteiger partial charge in [-0.2, -0.15) is 0 Å². The van der Waals surface area contributed by atoms with Crippen molar-refractivity contribution in [3.8, 4) is 11.4 Å². The minimum absolute atomic E-state index is 0.0690. The highest BCUT2D eigenvalue weighted by molar-refractivity contribution is 5.39. The third-order valence-corrected chi connectivity index (χ3v) is 2.57. The lowest BCUT2D eigenvalue weighted by molar-refractivity contribution is 0.414. The Morgan fingerprint density at radius 3 is 2.83 bits per heavy atom. The van der Waals surface area contributed by atoms with E-state index in [1.54, 1.807) is 31.4 Å². The van der Waals surface area contributed by atoms with Gasteiger partial charge in [0.05, 0.1) is 12.8 Å². The maximum absolute atomic E-state index is 11.7. The van der Waals surface area contributed by atoms with Gasteiger partial charge < -0.3 is 10.5 Å². The number of nitrogens with two attached hydrogens (primary N) is 1. The summed E-state index contributed by atoms with van der Waals surface area (Å²) >= 11 is 0. The minimum Gasteiger partial charge on any atom is -0.497 e. The van der Waals surface area contributed by atoms with Gasteiger partial charge in [-0.15, -0.1) is 0 Å². The molecule has 0 aliphatic rings. The molecule has 0 aliphatic heterocycles. The number of methoxy groups -OCH3 is 1. The number of rotatable bonds is 3. The van der Waals surface area contributed by atoms with Crippen molar-refractivity contribution in [1.82, 2.24) is 9.55 Å². The van der Waals surface area contributed by atoms with Crippen LogP contribution in [-0.2, 0) is 6.54 Å². The smallest absolute Gasteiger partial charge is 0.332 e. The first-order valence-electron chi connectivity index (χ1n) is 5.35. The molecule has 6 heteroatoms. The van der Waals surface area contributed by atoms with Gasteiger partial charge in [-0.05, 0) is 12.1 Å². The van der Waals surface area contributed by atoms with Crippen LogP contribution in [-0.4, -0.2) is 16.7 Å². The first kappa shape index (κ1) is 12.1. The van der Waals surface area contributed by atoms with E-state index in [9.17, 15) is 9.59 Å². The van der Waals surface area contributed by atoms with Gasteiger partial charge in [0.2, 0.25) is 0 Å². The van der Waals surface area contributed by atoms with Gasteiger partial charge in [0.15, 0.2) is 0 Å². The van der Waals surface area contributed by atoms with E-state index in [-0.39, 0.29) is 6.54 Å². The third-order valence-electron chi connectivity index (χ3n) is 2.57. The Bertz CT molecular complexity index is 673. The molecular weight excluding hydrogens is 234 g/mol. The predicted molar refractivity (Wildman–Crippen MR) is 67.1 cm³/mol. The standard InChI is InChI=1S/C12H13N3O3/c1-18-10-4-2-3-9(5-10)15-7-8(6-13)11(16)14-12(15)17/h2-5,7H,6,13H2,1H3,(H,14,16,17). The van der Waals surface area contributed by atoms with Crippen LogP contribution in [0.4, 0.5) is 0 Å². The molecule has 2 rings (SSSR count). The minimum atomic E-state index is -0.509. The molecule has 18 heavy (non-hydrogen) atoms. The number of benzene rings is 1. The topological polar surface area (TPSA) is 90.1 Å². The average Bonchev–Trinajstić information content (AvgIpc) is 2.39. The average molecular weight is 247 g/mol. The molecule has 94 valence electrons. The third kappa shape index (κ3) is 2.18. The number of aromatic amines is 1. The molecular formula is C12H13N3O3. The second kappa shape index (κ2) is 4.89. The van der Waals surface area contributed by atoms with Crippen molar-refractivity contribution >= 4 is 0 Å². The van der Waals surface area contributed by atoms with Crippen molar-refractivity contribution in [2.45, 2.75) is 6.54 Å². The fourth-order valence-corrected chi connectivity index (χ4v) is 1.61. The van der Waals surface area contributed by atoms with Crippen LogP contribution in [0.25, 0.3) is 5.69 Å². The number of hydrogen-bond donors (Lipinski definition) is 2. The highest BCUT2D eigenvalue weighted by atomic mass is 16.5. The predicted octanol–water partition coefficient (Wildman–Crippen LogP) is -0.00690. The molecule has 0 saturated carbocycles. The molecule has 0 unspecified atom stereocenters. The molecule has 0 amide bonds. The highest BCUT2D eigenvalue weighted by Gasteiger charge is 2.05. The summed E-state index contributed by atoms with van der Waals surface area (Å²) in [6, 6.07) is 6.96. The lowest BCUT2D eigenvalue weighted by Gasteiger charge is -2.08. The summed E-state index contributed by atoms with van der Waals surface area (Å²) in [5.41, 5.74) is 5.43. The summed E-state index contributed by atoms with van der Waals surface area (Å²) in [7, 11) is 1.54. The van der Waals surface area contributed by atoms with Gasteiger partial charge in [-0.1, -0.05) is 6.07 Å². The van der Waals surface area contributed by atoms with Crippen LogP contribution in [0.15, 0.2) is 40.1 Å². The van der Waals surface area contributed by atoms with Crippen molar-refractivity contribution in [3.63, 3.8) is 0 Å². The Hall–Kier alpha value is -2.34. The summed E-state index contributed by atoms with van der Waals surface area (Å²) in [6.45, 7) is 0.0690. The Labute approximate surface area is 103 Å². The maximum Gasteiger partial charge on any atom is 0.332 e. The number of aromatic nitrogens is 2. The van der Waals surface area contributed by atoms with Gasteiger partial charge in [-0.3, -0.25) is 14.3 Å². The van der Waals surface area contributed by atoms with E-state index in [0.29, 0.717) is 17.0 Å². The molecule has 2 aromatic rings. The van der Waals surface area contributed by atoms with Crippen molar-refractivity contribution in [2.24, 2.45) is 5.73 Å². The van der Waals surface area contributed by atoms with Crippen LogP contribution in [0.1, 0.15) is 5.56 Å². The first-order valence-corrected chi connectivity index (χ1v) is 5.35. The molecule has 0 bridgehead atoms. The quantitative estimate of drug-likeness (QED) is 0.798. The maximum atomic E-state index is 11.7. The fourth-order valence-electron chi connectivity index (χ4n) is 1.61. The molecule has 3 N–H and O–H groups in total. The zero-order chi connectivity index (χ0) is 13.1. The monoisotopic (exact) mass is 247 g/mol. The van der Waals surface area contributed by atoms with E-state index in [4.69, 9.17) is 10.5 Å². The van der Waals surface area contributed by atoms with Crippen LogP contribution in [0, 0.1) is 0 Å². The number of nitrogens with zero attached hydrogens (tertiary/aromatic N) is 1. The summed E-state index contributed by atoms with van der Waals surface area (Å²) < 4.78 is 6.41. The molecule has 0 spiro atoms. The Kier molecular flexibility index (Phi) is 3.29. The van der Waals surface area contributed by atoms with Crippen LogP contribution >= 0.6 is 0 Å². The number of H-pyrrole nitrogens is 1. The lowest BCUT2D eigenvalue weighted by atomic mass is 10.3. The van der Waals surface area contributed by atoms with E-state index < -0.39 is 11.2 Å². The molecule has 0 aliphatic carbocycles. The van der Waals surface area contributed by atoms with Crippen LogP contribution in [0.5, 0.6) is 5.75 Å². The lowest BCUT2D eigenvalue weighted by Crippen LogP contribution is -2.31. The summed E-state index contributed by atoms with van der Waals surface area (Å²) in [5, 5.41) is 0. The number of ether oxygens (including phenoxy) is 1. The van der Waals surface area contributed by atoms with E-state index in [2.05, 4.69) is 4.98 Å². The van der Waals surface area contributed by atoms with E-state index in [0.717, 1.165) is 0 Å². The summed E-state index contributed by atoms with van der Waals surface area (Å²) in [5.74, 6) is 0.625.